The summed E-state index contributed by atoms with van der Waals surface area (Å²) in [5, 5.41) is 8.52. The highest BCUT2D eigenvalue weighted by Crippen LogP contribution is 2.31. The lowest BCUT2D eigenvalue weighted by atomic mass is 9.95. The summed E-state index contributed by atoms with van der Waals surface area (Å²) < 4.78 is 0. The van der Waals surface area contributed by atoms with Gasteiger partial charge in [0.25, 0.3) is 5.91 Å². The molecule has 1 heterocycles. The molecule has 1 aliphatic heterocycles. The van der Waals surface area contributed by atoms with E-state index in [9.17, 15) is 14.4 Å². The smallest absolute Gasteiger partial charge is 0.255 e. The van der Waals surface area contributed by atoms with E-state index in [4.69, 9.17) is 0 Å². The van der Waals surface area contributed by atoms with Crippen LogP contribution in [0.15, 0.2) is 47.4 Å². The van der Waals surface area contributed by atoms with Gasteiger partial charge in [-0.3, -0.25) is 14.4 Å². The highest BCUT2D eigenvalue weighted by atomic mass is 32.2. The van der Waals surface area contributed by atoms with Gasteiger partial charge in [-0.15, -0.1) is 11.8 Å². The monoisotopic (exact) mass is 397 g/mol. The average Bonchev–Trinajstić information content (AvgIpc) is 2.81. The molecule has 0 fully saturated rings. The Kier molecular flexibility index (Phi) is 5.74. The second-order valence-electron chi connectivity index (χ2n) is 7.60. The van der Waals surface area contributed by atoms with E-state index in [1.807, 2.05) is 26.8 Å². The number of fused-ring (bicyclic) bond motifs is 1. The molecular weight excluding hydrogens is 374 g/mol. The molecule has 0 bridgehead atoms. The summed E-state index contributed by atoms with van der Waals surface area (Å²) in [6.07, 6.45) is 0.452. The van der Waals surface area contributed by atoms with Crippen molar-refractivity contribution in [3.8, 4) is 0 Å². The van der Waals surface area contributed by atoms with Crippen molar-refractivity contribution in [1.82, 2.24) is 0 Å². The third-order valence-electron chi connectivity index (χ3n) is 4.16. The Morgan fingerprint density at radius 1 is 1.04 bits per heavy atom. The van der Waals surface area contributed by atoms with Gasteiger partial charge >= 0.3 is 0 Å². The fourth-order valence-corrected chi connectivity index (χ4v) is 3.49. The highest BCUT2D eigenvalue weighted by molar-refractivity contribution is 7.99. The summed E-state index contributed by atoms with van der Waals surface area (Å²) in [6, 6.07) is 12.3. The second-order valence-corrected chi connectivity index (χ2v) is 8.73. The summed E-state index contributed by atoms with van der Waals surface area (Å²) in [5.41, 5.74) is 1.79. The molecule has 0 spiro atoms. The first-order valence-electron chi connectivity index (χ1n) is 9.02. The van der Waals surface area contributed by atoms with Gasteiger partial charge in [0.1, 0.15) is 0 Å². The Morgan fingerprint density at radius 2 is 1.75 bits per heavy atom. The number of anilines is 3. The van der Waals surface area contributed by atoms with Gasteiger partial charge in [-0.05, 0) is 36.4 Å². The number of amides is 3. The third kappa shape index (κ3) is 4.92. The molecule has 3 amide bonds. The van der Waals surface area contributed by atoms with Crippen molar-refractivity contribution in [3.63, 3.8) is 0 Å². The standard InChI is InChI=1S/C21H23N3O3S/c1-21(2,3)20(27)23-15-6-4-5-14(12-15)22-19(26)13-7-8-17-16(11-13)24-18(25)9-10-28-17/h4-8,11-12H,9-10H2,1-3H3,(H,22,26)(H,23,27)(H,24,25). The average molecular weight is 398 g/mol. The number of thioether (sulfide) groups is 1. The van der Waals surface area contributed by atoms with E-state index in [2.05, 4.69) is 16.0 Å². The molecule has 0 aliphatic carbocycles. The van der Waals surface area contributed by atoms with E-state index in [-0.39, 0.29) is 17.7 Å². The van der Waals surface area contributed by atoms with Crippen LogP contribution in [0, 0.1) is 5.41 Å². The Morgan fingerprint density at radius 3 is 2.46 bits per heavy atom. The quantitative estimate of drug-likeness (QED) is 0.718. The first kappa shape index (κ1) is 19.9. The summed E-state index contributed by atoms with van der Waals surface area (Å²) in [4.78, 5) is 37.5. The van der Waals surface area contributed by atoms with Crippen LogP contribution in [0.5, 0.6) is 0 Å². The molecule has 2 aromatic rings. The zero-order valence-corrected chi connectivity index (χ0v) is 16.9. The molecule has 0 aromatic heterocycles. The van der Waals surface area contributed by atoms with Crippen molar-refractivity contribution in [2.75, 3.05) is 21.7 Å². The normalized spacial score (nSPS) is 13.8. The molecule has 0 saturated carbocycles. The number of benzene rings is 2. The van der Waals surface area contributed by atoms with Gasteiger partial charge in [-0.25, -0.2) is 0 Å². The van der Waals surface area contributed by atoms with Crippen molar-refractivity contribution in [1.29, 1.82) is 0 Å². The largest absolute Gasteiger partial charge is 0.326 e. The van der Waals surface area contributed by atoms with Crippen molar-refractivity contribution >= 4 is 46.5 Å². The summed E-state index contributed by atoms with van der Waals surface area (Å²) >= 11 is 1.59. The number of carbonyl (C=O) groups is 3. The molecule has 0 radical (unpaired) electrons. The molecule has 6 nitrogen and oxygen atoms in total. The first-order chi connectivity index (χ1) is 13.2. The number of carbonyl (C=O) groups excluding carboxylic acids is 3. The maximum atomic E-state index is 12.6. The molecule has 3 rings (SSSR count). The van der Waals surface area contributed by atoms with Gasteiger partial charge in [-0.1, -0.05) is 26.8 Å². The molecule has 0 saturated heterocycles. The van der Waals surface area contributed by atoms with Crippen molar-refractivity contribution in [2.45, 2.75) is 32.1 Å². The Hall–Kier alpha value is -2.80. The fraction of sp³-hybridized carbons (Fsp3) is 0.286. The molecule has 0 unspecified atom stereocenters. The van der Waals surface area contributed by atoms with Gasteiger partial charge in [0.2, 0.25) is 11.8 Å². The highest BCUT2D eigenvalue weighted by Gasteiger charge is 2.21. The predicted molar refractivity (Wildman–Crippen MR) is 113 cm³/mol. The topological polar surface area (TPSA) is 87.3 Å². The predicted octanol–water partition coefficient (Wildman–Crippen LogP) is 4.36. The molecule has 2 aromatic carbocycles. The van der Waals surface area contributed by atoms with E-state index in [1.165, 1.54) is 0 Å². The van der Waals surface area contributed by atoms with Gasteiger partial charge in [0.15, 0.2) is 0 Å². The number of hydrogen-bond donors (Lipinski definition) is 3. The molecule has 3 N–H and O–H groups in total. The van der Waals surface area contributed by atoms with Crippen LogP contribution in [0.25, 0.3) is 0 Å². The molecule has 1 aliphatic rings. The zero-order chi connectivity index (χ0) is 20.3. The van der Waals surface area contributed by atoms with Crippen LogP contribution in [0.4, 0.5) is 17.1 Å². The lowest BCUT2D eigenvalue weighted by Crippen LogP contribution is -2.27. The maximum absolute atomic E-state index is 12.6. The minimum atomic E-state index is -0.510. The van der Waals surface area contributed by atoms with E-state index < -0.39 is 5.41 Å². The van der Waals surface area contributed by atoms with Crippen LogP contribution in [0.1, 0.15) is 37.6 Å². The molecule has 0 atom stereocenters. The number of hydrogen-bond acceptors (Lipinski definition) is 4. The van der Waals surface area contributed by atoms with E-state index in [0.717, 1.165) is 10.6 Å². The van der Waals surface area contributed by atoms with Crippen LogP contribution in [0.2, 0.25) is 0 Å². The van der Waals surface area contributed by atoms with Crippen LogP contribution < -0.4 is 16.0 Å². The SMILES string of the molecule is CC(C)(C)C(=O)Nc1cccc(NC(=O)c2ccc3c(c2)NC(=O)CCS3)c1. The third-order valence-corrected chi connectivity index (χ3v) is 5.24. The minimum absolute atomic E-state index is 0.0499. The Labute approximate surface area is 168 Å². The maximum Gasteiger partial charge on any atom is 0.255 e. The van der Waals surface area contributed by atoms with Gasteiger partial charge in [-0.2, -0.15) is 0 Å². The van der Waals surface area contributed by atoms with Gasteiger partial charge in [0, 0.05) is 39.4 Å². The summed E-state index contributed by atoms with van der Waals surface area (Å²) in [7, 11) is 0. The number of rotatable bonds is 3. The lowest BCUT2D eigenvalue weighted by Gasteiger charge is -2.18. The zero-order valence-electron chi connectivity index (χ0n) is 16.1. The van der Waals surface area contributed by atoms with Crippen molar-refractivity contribution in [2.24, 2.45) is 5.41 Å². The second kappa shape index (κ2) is 8.06. The fourth-order valence-electron chi connectivity index (χ4n) is 2.56. The van der Waals surface area contributed by atoms with E-state index >= 15 is 0 Å². The van der Waals surface area contributed by atoms with E-state index in [1.54, 1.807) is 48.2 Å². The van der Waals surface area contributed by atoms with Gasteiger partial charge < -0.3 is 16.0 Å². The Bertz CT molecular complexity index is 935. The summed E-state index contributed by atoms with van der Waals surface area (Å²) in [6.45, 7) is 5.51. The summed E-state index contributed by atoms with van der Waals surface area (Å²) in [5.74, 6) is 0.281. The van der Waals surface area contributed by atoms with E-state index in [0.29, 0.717) is 29.0 Å². The molecular formula is C21H23N3O3S. The minimum Gasteiger partial charge on any atom is -0.326 e. The van der Waals surface area contributed by atoms with Crippen LogP contribution in [-0.4, -0.2) is 23.5 Å². The van der Waals surface area contributed by atoms with Crippen LogP contribution in [0.3, 0.4) is 0 Å². The van der Waals surface area contributed by atoms with Crippen molar-refractivity contribution < 1.29 is 14.4 Å². The lowest BCUT2D eigenvalue weighted by molar-refractivity contribution is -0.123. The molecule has 146 valence electrons. The Balaban J connectivity index is 1.74. The molecule has 7 heteroatoms. The first-order valence-corrected chi connectivity index (χ1v) is 10.0. The van der Waals surface area contributed by atoms with Gasteiger partial charge in [0.05, 0.1) is 5.69 Å². The molecule has 28 heavy (non-hydrogen) atoms. The number of nitrogens with one attached hydrogen (secondary N) is 3. The van der Waals surface area contributed by atoms with Crippen LogP contribution in [-0.2, 0) is 9.59 Å². The van der Waals surface area contributed by atoms with Crippen LogP contribution >= 0.6 is 11.8 Å². The van der Waals surface area contributed by atoms with Crippen molar-refractivity contribution in [3.05, 3.63) is 48.0 Å².